The van der Waals surface area contributed by atoms with Gasteiger partial charge in [-0.25, -0.2) is 14.6 Å². The first-order chi connectivity index (χ1) is 9.74. The Hall–Kier alpha value is -2.05. The Bertz CT molecular complexity index is 577. The lowest BCUT2D eigenvalue weighted by Crippen LogP contribution is -2.45. The molecule has 2 heterocycles. The van der Waals surface area contributed by atoms with Crippen LogP contribution in [0.1, 0.15) is 39.4 Å². The molecule has 0 radical (unpaired) electrons. The van der Waals surface area contributed by atoms with Crippen molar-refractivity contribution in [2.24, 2.45) is 0 Å². The Morgan fingerprint density at radius 3 is 2.71 bits per heavy atom. The monoisotopic (exact) mass is 294 g/mol. The second-order valence-corrected chi connectivity index (χ2v) is 6.69. The molecule has 0 unspecified atom stereocenters. The van der Waals surface area contributed by atoms with Crippen LogP contribution in [0.15, 0.2) is 17.0 Å². The Labute approximate surface area is 121 Å². The van der Waals surface area contributed by atoms with Gasteiger partial charge in [-0.2, -0.15) is 0 Å². The molecule has 7 nitrogen and oxygen atoms in total. The molecule has 0 aromatic carbocycles. The predicted molar refractivity (Wildman–Crippen MR) is 70.7 cm³/mol. The molecule has 2 fully saturated rings. The Kier molecular flexibility index (Phi) is 2.80. The number of carbonyl (C=O) groups is 2. The SMILES string of the molecule is CC(C)(C)OC(=O)N1[C@H](C(=O)O)C[C@@]2(c3cnco3)C[C@@H]12. The van der Waals surface area contributed by atoms with E-state index >= 15 is 0 Å². The zero-order valence-electron chi connectivity index (χ0n) is 12.2. The molecule has 1 aliphatic heterocycles. The van der Waals surface area contributed by atoms with E-state index in [9.17, 15) is 14.7 Å². The second kappa shape index (κ2) is 4.22. The summed E-state index contributed by atoms with van der Waals surface area (Å²) in [5.41, 5.74) is -1.08. The molecule has 114 valence electrons. The lowest BCUT2D eigenvalue weighted by Gasteiger charge is -2.28. The van der Waals surface area contributed by atoms with Gasteiger partial charge in [0, 0.05) is 6.04 Å². The van der Waals surface area contributed by atoms with Gasteiger partial charge in [-0.3, -0.25) is 4.90 Å². The van der Waals surface area contributed by atoms with Crippen LogP contribution in [0.3, 0.4) is 0 Å². The fourth-order valence-electron chi connectivity index (χ4n) is 3.13. The predicted octanol–water partition coefficient (Wildman–Crippen LogP) is 1.78. The third kappa shape index (κ3) is 2.16. The molecule has 1 saturated heterocycles. The van der Waals surface area contributed by atoms with Crippen molar-refractivity contribution in [2.45, 2.75) is 56.7 Å². The number of rotatable bonds is 2. The topological polar surface area (TPSA) is 92.9 Å². The summed E-state index contributed by atoms with van der Waals surface area (Å²) in [4.78, 5) is 29.0. The summed E-state index contributed by atoms with van der Waals surface area (Å²) in [6.45, 7) is 5.27. The molecule has 2 aliphatic rings. The van der Waals surface area contributed by atoms with E-state index in [-0.39, 0.29) is 6.04 Å². The number of ether oxygens (including phenoxy) is 1. The van der Waals surface area contributed by atoms with Crippen molar-refractivity contribution in [2.75, 3.05) is 0 Å². The van der Waals surface area contributed by atoms with E-state index in [1.165, 1.54) is 11.3 Å². The summed E-state index contributed by atoms with van der Waals surface area (Å²) in [6.07, 6.45) is 3.36. The van der Waals surface area contributed by atoms with E-state index in [0.717, 1.165) is 0 Å². The summed E-state index contributed by atoms with van der Waals surface area (Å²) >= 11 is 0. The maximum absolute atomic E-state index is 12.3. The molecule has 21 heavy (non-hydrogen) atoms. The van der Waals surface area contributed by atoms with Crippen molar-refractivity contribution in [1.29, 1.82) is 0 Å². The number of carboxylic acids is 1. The van der Waals surface area contributed by atoms with Gasteiger partial charge in [-0.1, -0.05) is 0 Å². The number of carboxylic acid groups (broad SMARTS) is 1. The molecule has 1 saturated carbocycles. The van der Waals surface area contributed by atoms with Crippen LogP contribution in [0.25, 0.3) is 0 Å². The molecule has 1 amide bonds. The largest absolute Gasteiger partial charge is 0.480 e. The number of piperidine rings is 1. The quantitative estimate of drug-likeness (QED) is 0.893. The molecule has 1 aliphatic carbocycles. The Balaban J connectivity index is 1.86. The first kappa shape index (κ1) is 13.9. The van der Waals surface area contributed by atoms with Gasteiger partial charge in [0.05, 0.1) is 11.6 Å². The summed E-state index contributed by atoms with van der Waals surface area (Å²) in [5.74, 6) is -0.378. The van der Waals surface area contributed by atoms with Crippen molar-refractivity contribution < 1.29 is 23.8 Å². The number of amides is 1. The van der Waals surface area contributed by atoms with Gasteiger partial charge in [-0.15, -0.1) is 0 Å². The minimum absolute atomic E-state index is 0.193. The maximum Gasteiger partial charge on any atom is 0.411 e. The van der Waals surface area contributed by atoms with E-state index in [0.29, 0.717) is 18.6 Å². The Morgan fingerprint density at radius 1 is 1.48 bits per heavy atom. The van der Waals surface area contributed by atoms with E-state index < -0.39 is 29.1 Å². The molecular weight excluding hydrogens is 276 g/mol. The van der Waals surface area contributed by atoms with Crippen LogP contribution in [-0.2, 0) is 14.9 Å². The summed E-state index contributed by atoms with van der Waals surface area (Å²) in [5, 5.41) is 9.39. The van der Waals surface area contributed by atoms with Gasteiger partial charge in [0.15, 0.2) is 6.39 Å². The number of hydrogen-bond donors (Lipinski definition) is 1. The number of oxazole rings is 1. The number of fused-ring (bicyclic) bond motifs is 1. The number of aliphatic carboxylic acids is 1. The van der Waals surface area contributed by atoms with Gasteiger partial charge >= 0.3 is 12.1 Å². The highest BCUT2D eigenvalue weighted by atomic mass is 16.6. The third-order valence-corrected chi connectivity index (χ3v) is 4.08. The van der Waals surface area contributed by atoms with Crippen LogP contribution in [0, 0.1) is 0 Å². The highest BCUT2D eigenvalue weighted by Gasteiger charge is 2.70. The number of carbonyl (C=O) groups excluding carboxylic acids is 1. The highest BCUT2D eigenvalue weighted by molar-refractivity contribution is 5.83. The van der Waals surface area contributed by atoms with Crippen LogP contribution in [0.4, 0.5) is 4.79 Å². The molecule has 3 atom stereocenters. The van der Waals surface area contributed by atoms with Crippen molar-refractivity contribution in [3.63, 3.8) is 0 Å². The number of nitrogens with zero attached hydrogens (tertiary/aromatic N) is 2. The van der Waals surface area contributed by atoms with Gasteiger partial charge in [0.25, 0.3) is 0 Å². The minimum Gasteiger partial charge on any atom is -0.480 e. The molecule has 7 heteroatoms. The number of aromatic nitrogens is 1. The van der Waals surface area contributed by atoms with Crippen LogP contribution in [-0.4, -0.2) is 44.7 Å². The third-order valence-electron chi connectivity index (χ3n) is 4.08. The summed E-state index contributed by atoms with van der Waals surface area (Å²) in [7, 11) is 0. The molecule has 1 aromatic heterocycles. The molecule has 1 aromatic rings. The summed E-state index contributed by atoms with van der Waals surface area (Å²) < 4.78 is 10.7. The maximum atomic E-state index is 12.3. The average molecular weight is 294 g/mol. The van der Waals surface area contributed by atoms with Crippen LogP contribution >= 0.6 is 0 Å². The number of hydrogen-bond acceptors (Lipinski definition) is 5. The lowest BCUT2D eigenvalue weighted by atomic mass is 9.97. The average Bonchev–Trinajstić information content (AvgIpc) is 2.80. The van der Waals surface area contributed by atoms with Crippen LogP contribution in [0.2, 0.25) is 0 Å². The van der Waals surface area contributed by atoms with Crippen LogP contribution in [0.5, 0.6) is 0 Å². The molecule has 0 spiro atoms. The van der Waals surface area contributed by atoms with E-state index in [4.69, 9.17) is 9.15 Å². The van der Waals surface area contributed by atoms with Crippen molar-refractivity contribution in [3.8, 4) is 0 Å². The normalized spacial score (nSPS) is 30.9. The highest BCUT2D eigenvalue weighted by Crippen LogP contribution is 2.60. The molecule has 0 bridgehead atoms. The van der Waals surface area contributed by atoms with Crippen molar-refractivity contribution in [1.82, 2.24) is 9.88 Å². The first-order valence-corrected chi connectivity index (χ1v) is 6.88. The summed E-state index contributed by atoms with van der Waals surface area (Å²) in [6, 6.07) is -1.08. The van der Waals surface area contributed by atoms with Gasteiger partial charge in [0.1, 0.15) is 17.4 Å². The van der Waals surface area contributed by atoms with Gasteiger partial charge < -0.3 is 14.3 Å². The van der Waals surface area contributed by atoms with E-state index in [1.807, 2.05) is 0 Å². The van der Waals surface area contributed by atoms with Crippen molar-refractivity contribution >= 4 is 12.1 Å². The standard InChI is InChI=1S/C14H18N2O5/c1-13(2,3)21-12(19)16-8(11(17)18)4-14(5-9(14)16)10-6-15-7-20-10/h6-9H,4-5H2,1-3H3,(H,17,18)/t8-,9+,14+/m0/s1. The fraction of sp³-hybridized carbons (Fsp3) is 0.643. The van der Waals surface area contributed by atoms with Crippen LogP contribution < -0.4 is 0 Å². The molecular formula is C14H18N2O5. The smallest absolute Gasteiger partial charge is 0.411 e. The fourth-order valence-corrected chi connectivity index (χ4v) is 3.13. The second-order valence-electron chi connectivity index (χ2n) is 6.69. The van der Waals surface area contributed by atoms with E-state index in [2.05, 4.69) is 4.98 Å². The lowest BCUT2D eigenvalue weighted by molar-refractivity contribution is -0.142. The van der Waals surface area contributed by atoms with Crippen molar-refractivity contribution in [3.05, 3.63) is 18.4 Å². The first-order valence-electron chi connectivity index (χ1n) is 6.88. The molecule has 1 N–H and O–H groups in total. The number of likely N-dealkylation sites (tertiary alicyclic amines) is 1. The van der Waals surface area contributed by atoms with Gasteiger partial charge in [0.2, 0.25) is 0 Å². The zero-order valence-corrected chi connectivity index (χ0v) is 12.2. The Morgan fingerprint density at radius 2 is 2.19 bits per heavy atom. The molecule has 3 rings (SSSR count). The zero-order chi connectivity index (χ0) is 15.4. The van der Waals surface area contributed by atoms with Gasteiger partial charge in [-0.05, 0) is 33.6 Å². The minimum atomic E-state index is -1.02. The van der Waals surface area contributed by atoms with E-state index in [1.54, 1.807) is 27.0 Å².